The molecule has 0 amide bonds. The maximum Gasteiger partial charge on any atom is 0.0490 e. The Morgan fingerprint density at radius 2 is 1.80 bits per heavy atom. The van der Waals surface area contributed by atoms with E-state index in [1.807, 2.05) is 0 Å². The third-order valence-corrected chi connectivity index (χ3v) is 4.13. The smallest absolute Gasteiger partial charge is 0.0490 e. The summed E-state index contributed by atoms with van der Waals surface area (Å²) in [7, 11) is 0. The van der Waals surface area contributed by atoms with Gasteiger partial charge in [-0.05, 0) is 28.9 Å². The maximum atomic E-state index is 6.69. The van der Waals surface area contributed by atoms with Crippen LogP contribution in [0.1, 0.15) is 38.8 Å². The van der Waals surface area contributed by atoms with Gasteiger partial charge in [0.05, 0.1) is 0 Å². The molecular weight excluding hydrogens is 182 g/mol. The topological polar surface area (TPSA) is 26.0 Å². The van der Waals surface area contributed by atoms with E-state index in [0.717, 1.165) is 6.42 Å². The summed E-state index contributed by atoms with van der Waals surface area (Å²) in [6.45, 7) is 9.02. The van der Waals surface area contributed by atoms with E-state index in [9.17, 15) is 0 Å². The molecule has 1 atom stereocenters. The molecule has 1 aliphatic rings. The predicted octanol–water partition coefficient (Wildman–Crippen LogP) is 3.08. The Balaban J connectivity index is 2.62. The molecule has 1 aromatic rings. The lowest BCUT2D eigenvalue weighted by Crippen LogP contribution is -2.51. The van der Waals surface area contributed by atoms with Crippen LogP contribution >= 0.6 is 0 Å². The molecule has 1 heteroatoms. The van der Waals surface area contributed by atoms with Gasteiger partial charge in [-0.3, -0.25) is 0 Å². The number of hydrogen-bond acceptors (Lipinski definition) is 1. The van der Waals surface area contributed by atoms with Crippen molar-refractivity contribution in [2.75, 3.05) is 0 Å². The largest absolute Gasteiger partial charge is 0.321 e. The highest BCUT2D eigenvalue weighted by Crippen LogP contribution is 2.51. The van der Waals surface area contributed by atoms with Crippen molar-refractivity contribution in [3.05, 3.63) is 35.4 Å². The van der Waals surface area contributed by atoms with Crippen molar-refractivity contribution >= 4 is 0 Å². The standard InChI is InChI=1S/C14H21N/c1-10(2)14(15)12-8-6-5-7-11(12)9-13(14,3)4/h5-8,10H,9,15H2,1-4H3. The average Bonchev–Trinajstić information content (AvgIpc) is 2.36. The second-order valence-electron chi connectivity index (χ2n) is 5.74. The molecule has 82 valence electrons. The second kappa shape index (κ2) is 3.08. The molecule has 0 saturated heterocycles. The fourth-order valence-electron chi connectivity index (χ4n) is 3.16. The lowest BCUT2D eigenvalue weighted by molar-refractivity contribution is 0.132. The summed E-state index contributed by atoms with van der Waals surface area (Å²) in [5.41, 5.74) is 9.45. The summed E-state index contributed by atoms with van der Waals surface area (Å²) in [5, 5.41) is 0. The molecule has 1 nitrogen and oxygen atoms in total. The molecule has 2 N–H and O–H groups in total. The van der Waals surface area contributed by atoms with Crippen LogP contribution in [0.3, 0.4) is 0 Å². The van der Waals surface area contributed by atoms with E-state index in [1.165, 1.54) is 11.1 Å². The zero-order valence-corrected chi connectivity index (χ0v) is 10.2. The van der Waals surface area contributed by atoms with E-state index in [0.29, 0.717) is 5.92 Å². The first-order valence-electron chi connectivity index (χ1n) is 5.77. The Morgan fingerprint density at radius 3 is 2.40 bits per heavy atom. The molecule has 1 unspecified atom stereocenters. The van der Waals surface area contributed by atoms with Crippen molar-refractivity contribution in [3.8, 4) is 0 Å². The summed E-state index contributed by atoms with van der Waals surface area (Å²) in [6.07, 6.45) is 1.10. The number of nitrogens with two attached hydrogens (primary N) is 1. The SMILES string of the molecule is CC(C)C1(N)c2ccccc2CC1(C)C. The molecular formula is C14H21N. The van der Waals surface area contributed by atoms with Crippen LogP contribution in [-0.2, 0) is 12.0 Å². The quantitative estimate of drug-likeness (QED) is 0.745. The van der Waals surface area contributed by atoms with Gasteiger partial charge in [-0.15, -0.1) is 0 Å². The molecule has 15 heavy (non-hydrogen) atoms. The molecule has 0 fully saturated rings. The maximum absolute atomic E-state index is 6.69. The van der Waals surface area contributed by atoms with Crippen LogP contribution in [-0.4, -0.2) is 0 Å². The van der Waals surface area contributed by atoms with Gasteiger partial charge in [0.15, 0.2) is 0 Å². The minimum absolute atomic E-state index is 0.158. The highest BCUT2D eigenvalue weighted by molar-refractivity contribution is 5.42. The Bertz CT molecular complexity index is 379. The van der Waals surface area contributed by atoms with Gasteiger partial charge in [0.25, 0.3) is 0 Å². The fraction of sp³-hybridized carbons (Fsp3) is 0.571. The predicted molar refractivity (Wildman–Crippen MR) is 64.6 cm³/mol. The van der Waals surface area contributed by atoms with E-state index in [-0.39, 0.29) is 11.0 Å². The van der Waals surface area contributed by atoms with E-state index in [1.54, 1.807) is 0 Å². The van der Waals surface area contributed by atoms with Crippen molar-refractivity contribution in [1.82, 2.24) is 0 Å². The van der Waals surface area contributed by atoms with Gasteiger partial charge in [0.1, 0.15) is 0 Å². The summed E-state index contributed by atoms with van der Waals surface area (Å²) in [6, 6.07) is 8.63. The molecule has 0 aromatic heterocycles. The number of hydrogen-bond donors (Lipinski definition) is 1. The Kier molecular flexibility index (Phi) is 2.20. The molecule has 0 aliphatic heterocycles. The highest BCUT2D eigenvalue weighted by atomic mass is 14.8. The molecule has 2 rings (SSSR count). The summed E-state index contributed by atoms with van der Waals surface area (Å²) in [5.74, 6) is 0.469. The molecule has 0 heterocycles. The lowest BCUT2D eigenvalue weighted by Gasteiger charge is -2.42. The van der Waals surface area contributed by atoms with Crippen molar-refractivity contribution in [1.29, 1.82) is 0 Å². The van der Waals surface area contributed by atoms with Crippen LogP contribution in [0.2, 0.25) is 0 Å². The Morgan fingerprint density at radius 1 is 1.20 bits per heavy atom. The highest BCUT2D eigenvalue weighted by Gasteiger charge is 2.51. The fourth-order valence-corrected chi connectivity index (χ4v) is 3.16. The van der Waals surface area contributed by atoms with E-state index in [4.69, 9.17) is 5.73 Å². The van der Waals surface area contributed by atoms with Gasteiger partial charge in [-0.25, -0.2) is 0 Å². The van der Waals surface area contributed by atoms with Gasteiger partial charge in [-0.2, -0.15) is 0 Å². The van der Waals surface area contributed by atoms with Crippen molar-refractivity contribution in [3.63, 3.8) is 0 Å². The van der Waals surface area contributed by atoms with Crippen molar-refractivity contribution in [2.45, 2.75) is 39.7 Å². The molecule has 1 aromatic carbocycles. The molecule has 0 bridgehead atoms. The van der Waals surface area contributed by atoms with Crippen LogP contribution in [0.15, 0.2) is 24.3 Å². The first kappa shape index (κ1) is 10.7. The van der Waals surface area contributed by atoms with Crippen LogP contribution in [0.25, 0.3) is 0 Å². The van der Waals surface area contributed by atoms with Gasteiger partial charge in [0.2, 0.25) is 0 Å². The Labute approximate surface area is 92.7 Å². The van der Waals surface area contributed by atoms with Crippen LogP contribution in [0, 0.1) is 11.3 Å². The summed E-state index contributed by atoms with van der Waals surface area (Å²) >= 11 is 0. The number of benzene rings is 1. The first-order valence-corrected chi connectivity index (χ1v) is 5.77. The van der Waals surface area contributed by atoms with Crippen LogP contribution in [0.5, 0.6) is 0 Å². The molecule has 0 radical (unpaired) electrons. The zero-order chi connectivity index (χ0) is 11.3. The van der Waals surface area contributed by atoms with E-state index in [2.05, 4.69) is 52.0 Å². The minimum Gasteiger partial charge on any atom is -0.321 e. The third kappa shape index (κ3) is 1.26. The monoisotopic (exact) mass is 203 g/mol. The first-order chi connectivity index (χ1) is 6.89. The van der Waals surface area contributed by atoms with Gasteiger partial charge < -0.3 is 5.73 Å². The minimum atomic E-state index is -0.177. The van der Waals surface area contributed by atoms with Gasteiger partial charge >= 0.3 is 0 Å². The number of rotatable bonds is 1. The van der Waals surface area contributed by atoms with Crippen molar-refractivity contribution in [2.24, 2.45) is 17.1 Å². The van der Waals surface area contributed by atoms with Gasteiger partial charge in [0, 0.05) is 5.54 Å². The van der Waals surface area contributed by atoms with Gasteiger partial charge in [-0.1, -0.05) is 52.0 Å². The lowest BCUT2D eigenvalue weighted by atomic mass is 9.67. The Hall–Kier alpha value is -0.820. The number of fused-ring (bicyclic) bond motifs is 1. The van der Waals surface area contributed by atoms with E-state index < -0.39 is 0 Å². The van der Waals surface area contributed by atoms with Crippen molar-refractivity contribution < 1.29 is 0 Å². The average molecular weight is 203 g/mol. The normalized spacial score (nSPS) is 28.1. The zero-order valence-electron chi connectivity index (χ0n) is 10.2. The summed E-state index contributed by atoms with van der Waals surface area (Å²) < 4.78 is 0. The van der Waals surface area contributed by atoms with Crippen LogP contribution in [0.4, 0.5) is 0 Å². The second-order valence-corrected chi connectivity index (χ2v) is 5.74. The summed E-state index contributed by atoms with van der Waals surface area (Å²) in [4.78, 5) is 0. The van der Waals surface area contributed by atoms with Crippen LogP contribution < -0.4 is 5.73 Å². The molecule has 0 spiro atoms. The van der Waals surface area contributed by atoms with E-state index >= 15 is 0 Å². The molecule has 0 saturated carbocycles. The third-order valence-electron chi connectivity index (χ3n) is 4.13. The molecule has 1 aliphatic carbocycles.